The summed E-state index contributed by atoms with van der Waals surface area (Å²) in [4.78, 5) is 6.54. The highest BCUT2D eigenvalue weighted by Crippen LogP contribution is 2.16. The molecule has 0 saturated carbocycles. The molecule has 1 aromatic carbocycles. The highest BCUT2D eigenvalue weighted by Gasteiger charge is 2.08. The van der Waals surface area contributed by atoms with E-state index in [1.807, 2.05) is 18.2 Å². The van der Waals surface area contributed by atoms with E-state index in [0.717, 1.165) is 31.6 Å². The topological polar surface area (TPSA) is 16.1 Å². The summed E-state index contributed by atoms with van der Waals surface area (Å²) in [5, 5.41) is 0.608. The standard InChI is InChI=1S/C16H19ClN2/c1-2-11-19(12-14-7-4-3-5-8-14)13-15-9-6-10-18-16(15)17/h3-10H,2,11-13H2,1H3. The van der Waals surface area contributed by atoms with Gasteiger partial charge in [-0.25, -0.2) is 4.98 Å². The summed E-state index contributed by atoms with van der Waals surface area (Å²) < 4.78 is 0. The van der Waals surface area contributed by atoms with Crippen molar-refractivity contribution in [2.24, 2.45) is 0 Å². The van der Waals surface area contributed by atoms with E-state index in [9.17, 15) is 0 Å². The molecule has 0 amide bonds. The maximum Gasteiger partial charge on any atom is 0.133 e. The lowest BCUT2D eigenvalue weighted by molar-refractivity contribution is 0.257. The quantitative estimate of drug-likeness (QED) is 0.736. The highest BCUT2D eigenvalue weighted by atomic mass is 35.5. The van der Waals surface area contributed by atoms with Crippen molar-refractivity contribution in [2.75, 3.05) is 6.54 Å². The van der Waals surface area contributed by atoms with Crippen LogP contribution >= 0.6 is 11.6 Å². The smallest absolute Gasteiger partial charge is 0.133 e. The normalized spacial score (nSPS) is 10.9. The second-order valence-corrected chi connectivity index (χ2v) is 5.01. The van der Waals surface area contributed by atoms with Gasteiger partial charge in [0, 0.05) is 24.8 Å². The van der Waals surface area contributed by atoms with Gasteiger partial charge < -0.3 is 0 Å². The van der Waals surface area contributed by atoms with Crippen LogP contribution < -0.4 is 0 Å². The fourth-order valence-electron chi connectivity index (χ4n) is 2.15. The molecule has 0 N–H and O–H groups in total. The molecule has 3 heteroatoms. The Morgan fingerprint density at radius 1 is 1.05 bits per heavy atom. The predicted molar refractivity (Wildman–Crippen MR) is 80.1 cm³/mol. The minimum absolute atomic E-state index is 0.608. The molecule has 2 aromatic rings. The molecule has 0 radical (unpaired) electrons. The molecule has 2 nitrogen and oxygen atoms in total. The van der Waals surface area contributed by atoms with Crippen LogP contribution in [0.25, 0.3) is 0 Å². The Balaban J connectivity index is 2.06. The lowest BCUT2D eigenvalue weighted by Crippen LogP contribution is -2.23. The molecule has 1 aromatic heterocycles. The summed E-state index contributed by atoms with van der Waals surface area (Å²) in [6, 6.07) is 14.5. The van der Waals surface area contributed by atoms with Crippen LogP contribution in [0.3, 0.4) is 0 Å². The lowest BCUT2D eigenvalue weighted by atomic mass is 10.2. The SMILES string of the molecule is CCCN(Cc1ccccc1)Cc1cccnc1Cl. The second-order valence-electron chi connectivity index (χ2n) is 4.65. The molecule has 2 rings (SSSR count). The van der Waals surface area contributed by atoms with Gasteiger partial charge in [-0.2, -0.15) is 0 Å². The van der Waals surface area contributed by atoms with Crippen LogP contribution in [0.5, 0.6) is 0 Å². The Hall–Kier alpha value is -1.38. The maximum absolute atomic E-state index is 6.13. The first-order valence-electron chi connectivity index (χ1n) is 6.65. The lowest BCUT2D eigenvalue weighted by Gasteiger charge is -2.22. The number of benzene rings is 1. The van der Waals surface area contributed by atoms with Crippen molar-refractivity contribution in [3.8, 4) is 0 Å². The van der Waals surface area contributed by atoms with Gasteiger partial charge in [0.1, 0.15) is 5.15 Å². The van der Waals surface area contributed by atoms with Crippen LogP contribution in [0.15, 0.2) is 48.7 Å². The fraction of sp³-hybridized carbons (Fsp3) is 0.312. The Morgan fingerprint density at radius 2 is 1.84 bits per heavy atom. The number of rotatable bonds is 6. The van der Waals surface area contributed by atoms with E-state index in [1.165, 1.54) is 5.56 Å². The number of aromatic nitrogens is 1. The molecule has 0 bridgehead atoms. The molecule has 0 aliphatic carbocycles. The van der Waals surface area contributed by atoms with E-state index in [2.05, 4.69) is 41.1 Å². The molecular formula is C16H19ClN2. The first kappa shape index (κ1) is 14.0. The van der Waals surface area contributed by atoms with E-state index >= 15 is 0 Å². The minimum Gasteiger partial charge on any atom is -0.295 e. The number of halogens is 1. The molecule has 1 heterocycles. The summed E-state index contributed by atoms with van der Waals surface area (Å²) >= 11 is 6.13. The van der Waals surface area contributed by atoms with E-state index in [4.69, 9.17) is 11.6 Å². The molecular weight excluding hydrogens is 256 g/mol. The number of hydrogen-bond donors (Lipinski definition) is 0. The zero-order valence-corrected chi connectivity index (χ0v) is 12.0. The van der Waals surface area contributed by atoms with Crippen molar-refractivity contribution in [3.63, 3.8) is 0 Å². The van der Waals surface area contributed by atoms with Crippen molar-refractivity contribution in [1.82, 2.24) is 9.88 Å². The van der Waals surface area contributed by atoms with Gasteiger partial charge in [0.25, 0.3) is 0 Å². The first-order chi connectivity index (χ1) is 9.29. The maximum atomic E-state index is 6.13. The molecule has 0 saturated heterocycles. The highest BCUT2D eigenvalue weighted by molar-refractivity contribution is 6.30. The zero-order valence-electron chi connectivity index (χ0n) is 11.2. The van der Waals surface area contributed by atoms with Crippen LogP contribution in [-0.2, 0) is 13.1 Å². The molecule has 0 unspecified atom stereocenters. The van der Waals surface area contributed by atoms with Crippen LogP contribution in [0.2, 0.25) is 5.15 Å². The Kier molecular flexibility index (Phi) is 5.37. The van der Waals surface area contributed by atoms with Gasteiger partial charge in [-0.1, -0.05) is 54.9 Å². The van der Waals surface area contributed by atoms with Gasteiger partial charge in [0.15, 0.2) is 0 Å². The average molecular weight is 275 g/mol. The average Bonchev–Trinajstić information content (AvgIpc) is 2.43. The number of nitrogens with zero attached hydrogens (tertiary/aromatic N) is 2. The third-order valence-corrected chi connectivity index (χ3v) is 3.36. The van der Waals surface area contributed by atoms with Crippen LogP contribution in [-0.4, -0.2) is 16.4 Å². The van der Waals surface area contributed by atoms with Crippen LogP contribution in [0, 0.1) is 0 Å². The zero-order chi connectivity index (χ0) is 13.5. The monoisotopic (exact) mass is 274 g/mol. The third-order valence-electron chi connectivity index (χ3n) is 3.02. The van der Waals surface area contributed by atoms with Crippen LogP contribution in [0.1, 0.15) is 24.5 Å². The fourth-order valence-corrected chi connectivity index (χ4v) is 2.33. The van der Waals surface area contributed by atoms with Gasteiger partial charge in [-0.3, -0.25) is 4.90 Å². The number of pyridine rings is 1. The summed E-state index contributed by atoms with van der Waals surface area (Å²) in [6.45, 7) is 5.04. The van der Waals surface area contributed by atoms with Gasteiger partial charge in [-0.05, 0) is 24.6 Å². The minimum atomic E-state index is 0.608. The Morgan fingerprint density at radius 3 is 2.53 bits per heavy atom. The van der Waals surface area contributed by atoms with Crippen molar-refractivity contribution in [2.45, 2.75) is 26.4 Å². The summed E-state index contributed by atoms with van der Waals surface area (Å²) in [5.74, 6) is 0. The molecule has 100 valence electrons. The molecule has 19 heavy (non-hydrogen) atoms. The molecule has 0 fully saturated rings. The van der Waals surface area contributed by atoms with Crippen molar-refractivity contribution >= 4 is 11.6 Å². The first-order valence-corrected chi connectivity index (χ1v) is 7.03. The van der Waals surface area contributed by atoms with E-state index in [0.29, 0.717) is 5.15 Å². The van der Waals surface area contributed by atoms with Gasteiger partial charge in [0.2, 0.25) is 0 Å². The summed E-state index contributed by atoms with van der Waals surface area (Å²) in [6.07, 6.45) is 2.86. The van der Waals surface area contributed by atoms with Gasteiger partial charge in [-0.15, -0.1) is 0 Å². The van der Waals surface area contributed by atoms with Crippen molar-refractivity contribution in [3.05, 3.63) is 64.9 Å². The molecule has 0 atom stereocenters. The molecule has 0 spiro atoms. The predicted octanol–water partition coefficient (Wildman–Crippen LogP) is 4.15. The van der Waals surface area contributed by atoms with E-state index < -0.39 is 0 Å². The summed E-state index contributed by atoms with van der Waals surface area (Å²) in [5.41, 5.74) is 2.42. The van der Waals surface area contributed by atoms with Gasteiger partial charge in [0.05, 0.1) is 0 Å². The summed E-state index contributed by atoms with van der Waals surface area (Å²) in [7, 11) is 0. The van der Waals surface area contributed by atoms with Crippen molar-refractivity contribution < 1.29 is 0 Å². The molecule has 0 aliphatic heterocycles. The Bertz CT molecular complexity index is 499. The van der Waals surface area contributed by atoms with Gasteiger partial charge >= 0.3 is 0 Å². The van der Waals surface area contributed by atoms with E-state index in [-0.39, 0.29) is 0 Å². The van der Waals surface area contributed by atoms with Crippen LogP contribution in [0.4, 0.5) is 0 Å². The third kappa shape index (κ3) is 4.34. The molecule has 0 aliphatic rings. The van der Waals surface area contributed by atoms with Crippen molar-refractivity contribution in [1.29, 1.82) is 0 Å². The second kappa shape index (κ2) is 7.27. The Labute approximate surface area is 120 Å². The number of hydrogen-bond acceptors (Lipinski definition) is 2. The largest absolute Gasteiger partial charge is 0.295 e. The van der Waals surface area contributed by atoms with E-state index in [1.54, 1.807) is 6.20 Å².